The number of rotatable bonds is 5. The van der Waals surface area contributed by atoms with E-state index < -0.39 is 29.2 Å². The summed E-state index contributed by atoms with van der Waals surface area (Å²) in [5.41, 5.74) is -1.31. The van der Waals surface area contributed by atoms with Gasteiger partial charge < -0.3 is 10.4 Å². The van der Waals surface area contributed by atoms with E-state index >= 15 is 0 Å². The Labute approximate surface area is 149 Å². The van der Waals surface area contributed by atoms with Crippen LogP contribution in [0.5, 0.6) is 0 Å². The molecule has 8 heteroatoms. The zero-order valence-electron chi connectivity index (χ0n) is 12.5. The highest BCUT2D eigenvalue weighted by Gasteiger charge is 2.30. The standard InChI is InChI=1S/C17H11BrF3NO3/c18-12-6-4-10(5-7-12)15(23)9-14(16(24)25)22-13-3-1-2-11(8-13)17(19,20)21/h1-9,22H,(H,24,25)/b14-9-. The summed E-state index contributed by atoms with van der Waals surface area (Å²) in [5.74, 6) is -2.06. The minimum Gasteiger partial charge on any atom is -0.477 e. The van der Waals surface area contributed by atoms with Crippen molar-refractivity contribution in [3.63, 3.8) is 0 Å². The first kappa shape index (κ1) is 18.7. The summed E-state index contributed by atoms with van der Waals surface area (Å²) in [6, 6.07) is 10.3. The van der Waals surface area contributed by atoms with Crippen molar-refractivity contribution >= 4 is 33.4 Å². The summed E-state index contributed by atoms with van der Waals surface area (Å²) in [6.45, 7) is 0. The molecule has 0 bridgehead atoms. The van der Waals surface area contributed by atoms with Crippen LogP contribution in [0.2, 0.25) is 0 Å². The number of anilines is 1. The third-order valence-corrected chi connectivity index (χ3v) is 3.63. The van der Waals surface area contributed by atoms with Gasteiger partial charge in [0.1, 0.15) is 5.70 Å². The SMILES string of the molecule is O=C(O)/C(=C/C(=O)c1ccc(Br)cc1)Nc1cccc(C(F)(F)F)c1. The number of carbonyl (C=O) groups excluding carboxylic acids is 1. The molecule has 2 aromatic rings. The molecule has 130 valence electrons. The topological polar surface area (TPSA) is 66.4 Å². The number of carboxylic acids is 1. The Hall–Kier alpha value is -2.61. The molecule has 0 amide bonds. The molecule has 0 saturated heterocycles. The molecular formula is C17H11BrF3NO3. The van der Waals surface area contributed by atoms with Gasteiger partial charge in [-0.25, -0.2) is 4.79 Å². The van der Waals surface area contributed by atoms with Crippen molar-refractivity contribution < 1.29 is 27.9 Å². The molecule has 0 aromatic heterocycles. The lowest BCUT2D eigenvalue weighted by atomic mass is 10.1. The molecule has 0 spiro atoms. The van der Waals surface area contributed by atoms with Gasteiger partial charge in [-0.2, -0.15) is 13.2 Å². The molecule has 0 heterocycles. The Balaban J connectivity index is 2.28. The van der Waals surface area contributed by atoms with Crippen LogP contribution in [0.4, 0.5) is 18.9 Å². The van der Waals surface area contributed by atoms with Crippen molar-refractivity contribution in [2.24, 2.45) is 0 Å². The maximum Gasteiger partial charge on any atom is 0.416 e. The van der Waals surface area contributed by atoms with E-state index in [-0.39, 0.29) is 11.3 Å². The molecule has 2 rings (SSSR count). The highest BCUT2D eigenvalue weighted by atomic mass is 79.9. The molecule has 0 aliphatic rings. The van der Waals surface area contributed by atoms with Crippen molar-refractivity contribution in [2.45, 2.75) is 6.18 Å². The summed E-state index contributed by atoms with van der Waals surface area (Å²) in [7, 11) is 0. The maximum absolute atomic E-state index is 12.7. The van der Waals surface area contributed by atoms with Gasteiger partial charge in [-0.15, -0.1) is 0 Å². The van der Waals surface area contributed by atoms with Crippen LogP contribution in [0.3, 0.4) is 0 Å². The molecule has 0 aliphatic heterocycles. The van der Waals surface area contributed by atoms with Crippen molar-refractivity contribution in [3.8, 4) is 0 Å². The van der Waals surface area contributed by atoms with Gasteiger partial charge in [-0.05, 0) is 42.5 Å². The Morgan fingerprint density at radius 2 is 1.72 bits per heavy atom. The Morgan fingerprint density at radius 3 is 2.28 bits per heavy atom. The van der Waals surface area contributed by atoms with Crippen LogP contribution in [0.25, 0.3) is 0 Å². The van der Waals surface area contributed by atoms with E-state index in [0.29, 0.717) is 0 Å². The zero-order chi connectivity index (χ0) is 18.6. The highest BCUT2D eigenvalue weighted by molar-refractivity contribution is 9.10. The van der Waals surface area contributed by atoms with Crippen molar-refractivity contribution in [2.75, 3.05) is 5.32 Å². The fourth-order valence-electron chi connectivity index (χ4n) is 1.91. The fourth-order valence-corrected chi connectivity index (χ4v) is 2.17. The number of ketones is 1. The second-order valence-corrected chi connectivity index (χ2v) is 5.85. The predicted molar refractivity (Wildman–Crippen MR) is 89.3 cm³/mol. The normalized spacial score (nSPS) is 11.9. The average molecular weight is 414 g/mol. The Morgan fingerprint density at radius 1 is 1.08 bits per heavy atom. The van der Waals surface area contributed by atoms with E-state index in [2.05, 4.69) is 21.2 Å². The molecule has 0 radical (unpaired) electrons. The minimum atomic E-state index is -4.56. The van der Waals surface area contributed by atoms with Crippen LogP contribution in [-0.4, -0.2) is 16.9 Å². The first-order valence-corrected chi connectivity index (χ1v) is 7.65. The lowest BCUT2D eigenvalue weighted by Gasteiger charge is -2.11. The number of hydrogen-bond acceptors (Lipinski definition) is 3. The number of halogens is 4. The lowest BCUT2D eigenvalue weighted by Crippen LogP contribution is -2.13. The van der Waals surface area contributed by atoms with Gasteiger partial charge in [0.05, 0.1) is 5.56 Å². The van der Waals surface area contributed by atoms with Crippen LogP contribution in [0.15, 0.2) is 64.8 Å². The number of nitrogens with one attached hydrogen (secondary N) is 1. The maximum atomic E-state index is 12.7. The van der Waals surface area contributed by atoms with Crippen LogP contribution in [0.1, 0.15) is 15.9 Å². The number of aliphatic carboxylic acids is 1. The number of carboxylic acid groups (broad SMARTS) is 1. The van der Waals surface area contributed by atoms with Gasteiger partial charge in [0, 0.05) is 21.8 Å². The van der Waals surface area contributed by atoms with Crippen LogP contribution >= 0.6 is 15.9 Å². The largest absolute Gasteiger partial charge is 0.477 e. The average Bonchev–Trinajstić information content (AvgIpc) is 2.54. The molecule has 0 fully saturated rings. The first-order chi connectivity index (χ1) is 11.7. The van der Waals surface area contributed by atoms with Gasteiger partial charge in [0.2, 0.25) is 0 Å². The molecule has 4 nitrogen and oxygen atoms in total. The Bertz CT molecular complexity index is 830. The third-order valence-electron chi connectivity index (χ3n) is 3.10. The molecule has 0 unspecified atom stereocenters. The zero-order valence-corrected chi connectivity index (χ0v) is 14.1. The Kier molecular flexibility index (Phi) is 5.63. The van der Waals surface area contributed by atoms with Crippen LogP contribution < -0.4 is 5.32 Å². The van der Waals surface area contributed by atoms with Gasteiger partial charge >= 0.3 is 12.1 Å². The van der Waals surface area contributed by atoms with Crippen molar-refractivity contribution in [1.29, 1.82) is 0 Å². The van der Waals surface area contributed by atoms with E-state index in [1.54, 1.807) is 12.1 Å². The van der Waals surface area contributed by atoms with Gasteiger partial charge in [-0.1, -0.05) is 22.0 Å². The lowest BCUT2D eigenvalue weighted by molar-refractivity contribution is -0.137. The first-order valence-electron chi connectivity index (χ1n) is 6.86. The van der Waals surface area contributed by atoms with Crippen molar-refractivity contribution in [1.82, 2.24) is 0 Å². The van der Waals surface area contributed by atoms with E-state index in [9.17, 15) is 27.9 Å². The molecule has 2 aromatic carbocycles. The molecule has 0 saturated carbocycles. The van der Waals surface area contributed by atoms with Crippen molar-refractivity contribution in [3.05, 3.63) is 75.9 Å². The smallest absolute Gasteiger partial charge is 0.416 e. The number of carbonyl (C=O) groups is 2. The number of benzene rings is 2. The summed E-state index contributed by atoms with van der Waals surface area (Å²) in [4.78, 5) is 23.4. The molecule has 2 N–H and O–H groups in total. The number of hydrogen-bond donors (Lipinski definition) is 2. The highest BCUT2D eigenvalue weighted by Crippen LogP contribution is 2.31. The van der Waals surface area contributed by atoms with E-state index in [1.807, 2.05) is 0 Å². The van der Waals surface area contributed by atoms with Crippen LogP contribution in [-0.2, 0) is 11.0 Å². The summed E-state index contributed by atoms with van der Waals surface area (Å²) < 4.78 is 38.9. The van der Waals surface area contributed by atoms with Gasteiger partial charge in [-0.3, -0.25) is 4.79 Å². The van der Waals surface area contributed by atoms with Gasteiger partial charge in [0.25, 0.3) is 0 Å². The quantitative estimate of drug-likeness (QED) is 0.549. The molecular weight excluding hydrogens is 403 g/mol. The van der Waals surface area contributed by atoms with E-state index in [1.165, 1.54) is 18.2 Å². The minimum absolute atomic E-state index is 0.0907. The summed E-state index contributed by atoms with van der Waals surface area (Å²) in [5, 5.41) is 11.5. The molecule has 0 atom stereocenters. The second kappa shape index (κ2) is 7.52. The second-order valence-electron chi connectivity index (χ2n) is 4.94. The molecule has 25 heavy (non-hydrogen) atoms. The van der Waals surface area contributed by atoms with Gasteiger partial charge in [0.15, 0.2) is 5.78 Å². The number of allylic oxidation sites excluding steroid dienone is 1. The van der Waals surface area contributed by atoms with E-state index in [0.717, 1.165) is 28.7 Å². The number of alkyl halides is 3. The monoisotopic (exact) mass is 413 g/mol. The summed E-state index contributed by atoms with van der Waals surface area (Å²) in [6.07, 6.45) is -3.73. The predicted octanol–water partition coefficient (Wildman–Crippen LogP) is 4.73. The van der Waals surface area contributed by atoms with Crippen LogP contribution in [0, 0.1) is 0 Å². The fraction of sp³-hybridized carbons (Fsp3) is 0.0588. The molecule has 0 aliphatic carbocycles. The van der Waals surface area contributed by atoms with E-state index in [4.69, 9.17) is 0 Å². The summed E-state index contributed by atoms with van der Waals surface area (Å²) >= 11 is 3.21. The third kappa shape index (κ3) is 5.18.